The van der Waals surface area contributed by atoms with E-state index in [9.17, 15) is 4.79 Å². The van der Waals surface area contributed by atoms with Crippen molar-refractivity contribution in [1.82, 2.24) is 19.3 Å². The van der Waals surface area contributed by atoms with Gasteiger partial charge in [-0.1, -0.05) is 18.2 Å². The van der Waals surface area contributed by atoms with E-state index in [2.05, 4.69) is 9.97 Å². The van der Waals surface area contributed by atoms with E-state index in [1.54, 1.807) is 34.1 Å². The van der Waals surface area contributed by atoms with Crippen LogP contribution in [-0.4, -0.2) is 52.4 Å². The first-order chi connectivity index (χ1) is 11.2. The summed E-state index contributed by atoms with van der Waals surface area (Å²) in [7, 11) is 3.97. The van der Waals surface area contributed by atoms with Crippen LogP contribution in [0.25, 0.3) is 5.65 Å². The Labute approximate surface area is 135 Å². The van der Waals surface area contributed by atoms with Gasteiger partial charge in [-0.2, -0.15) is 0 Å². The van der Waals surface area contributed by atoms with Crippen LogP contribution in [0.15, 0.2) is 55.1 Å². The molecule has 0 unspecified atom stereocenters. The van der Waals surface area contributed by atoms with Gasteiger partial charge >= 0.3 is 0 Å². The second-order valence-corrected chi connectivity index (χ2v) is 5.53. The Morgan fingerprint density at radius 1 is 1.04 bits per heavy atom. The Balaban J connectivity index is 1.98. The van der Waals surface area contributed by atoms with Crippen molar-refractivity contribution in [3.63, 3.8) is 0 Å². The van der Waals surface area contributed by atoms with Gasteiger partial charge in [-0.3, -0.25) is 4.79 Å². The van der Waals surface area contributed by atoms with E-state index >= 15 is 0 Å². The van der Waals surface area contributed by atoms with Crippen LogP contribution in [-0.2, 0) is 0 Å². The summed E-state index contributed by atoms with van der Waals surface area (Å²) in [6.45, 7) is 1.34. The average Bonchev–Trinajstić information content (AvgIpc) is 3.04. The van der Waals surface area contributed by atoms with E-state index in [0.717, 1.165) is 12.2 Å². The van der Waals surface area contributed by atoms with E-state index in [1.165, 1.54) is 0 Å². The first-order valence-electron chi connectivity index (χ1n) is 7.46. The number of carbonyl (C=O) groups excluding carboxylic acids is 1. The molecule has 1 amide bonds. The Morgan fingerprint density at radius 3 is 2.43 bits per heavy atom. The second kappa shape index (κ2) is 6.58. The molecule has 0 fully saturated rings. The molecule has 118 valence electrons. The van der Waals surface area contributed by atoms with Gasteiger partial charge in [0.25, 0.3) is 5.91 Å². The summed E-state index contributed by atoms with van der Waals surface area (Å²) in [5.74, 6) is -0.144. The first kappa shape index (κ1) is 15.2. The minimum absolute atomic E-state index is 0.144. The molecule has 0 spiro atoms. The lowest BCUT2D eigenvalue weighted by molar-refractivity contribution is 0.0981. The Morgan fingerprint density at radius 2 is 1.74 bits per heavy atom. The predicted octanol–water partition coefficient (Wildman–Crippen LogP) is 1.94. The molecule has 23 heavy (non-hydrogen) atoms. The number of imidazole rings is 1. The molecule has 0 aliphatic carbocycles. The highest BCUT2D eigenvalue weighted by Gasteiger charge is 2.22. The number of hydrogen-bond donors (Lipinski definition) is 0. The molecular formula is C17H19N5O. The normalized spacial score (nSPS) is 11.1. The highest BCUT2D eigenvalue weighted by Crippen LogP contribution is 2.17. The zero-order chi connectivity index (χ0) is 16.2. The summed E-state index contributed by atoms with van der Waals surface area (Å²) in [5.41, 5.74) is 1.79. The highest BCUT2D eigenvalue weighted by molar-refractivity contribution is 6.08. The van der Waals surface area contributed by atoms with Gasteiger partial charge in [0.05, 0.1) is 0 Å². The maximum Gasteiger partial charge on any atom is 0.280 e. The molecule has 0 saturated heterocycles. The molecule has 1 aromatic carbocycles. The molecule has 2 aromatic heterocycles. The van der Waals surface area contributed by atoms with Gasteiger partial charge in [0, 0.05) is 43.6 Å². The number of aromatic nitrogens is 3. The minimum Gasteiger partial charge on any atom is -0.308 e. The second-order valence-electron chi connectivity index (χ2n) is 5.53. The van der Waals surface area contributed by atoms with Gasteiger partial charge in [-0.25, -0.2) is 9.97 Å². The third-order valence-electron chi connectivity index (χ3n) is 3.60. The van der Waals surface area contributed by atoms with Crippen LogP contribution in [0.4, 0.5) is 5.69 Å². The number of anilines is 1. The lowest BCUT2D eigenvalue weighted by atomic mass is 10.2. The summed E-state index contributed by atoms with van der Waals surface area (Å²) in [4.78, 5) is 25.4. The lowest BCUT2D eigenvalue weighted by Crippen LogP contribution is -2.37. The van der Waals surface area contributed by atoms with Crippen molar-refractivity contribution in [2.75, 3.05) is 32.1 Å². The summed E-state index contributed by atoms with van der Waals surface area (Å²) in [6, 6.07) is 9.65. The Hall–Kier alpha value is -2.73. The standard InChI is InChI=1S/C17H19N5O/c1-20(2)12-13-22(14-6-4-3-5-7-14)17(23)15-16-19-9-11-21(16)10-8-18-15/h3-11H,12-13H2,1-2H3. The lowest BCUT2D eigenvalue weighted by Gasteiger charge is -2.24. The smallest absolute Gasteiger partial charge is 0.280 e. The zero-order valence-electron chi connectivity index (χ0n) is 13.3. The minimum atomic E-state index is -0.144. The molecule has 2 heterocycles. The number of amides is 1. The van der Waals surface area contributed by atoms with E-state index in [0.29, 0.717) is 17.9 Å². The van der Waals surface area contributed by atoms with Crippen molar-refractivity contribution in [2.24, 2.45) is 0 Å². The third kappa shape index (κ3) is 3.22. The predicted molar refractivity (Wildman–Crippen MR) is 89.7 cm³/mol. The topological polar surface area (TPSA) is 53.7 Å². The summed E-state index contributed by atoms with van der Waals surface area (Å²) >= 11 is 0. The van der Waals surface area contributed by atoms with E-state index in [4.69, 9.17) is 0 Å². The monoisotopic (exact) mass is 309 g/mol. The summed E-state index contributed by atoms with van der Waals surface area (Å²) in [5, 5.41) is 0. The largest absolute Gasteiger partial charge is 0.308 e. The number of benzene rings is 1. The van der Waals surface area contributed by atoms with E-state index in [1.807, 2.05) is 49.3 Å². The van der Waals surface area contributed by atoms with Crippen molar-refractivity contribution in [3.8, 4) is 0 Å². The fourth-order valence-corrected chi connectivity index (χ4v) is 2.39. The van der Waals surface area contributed by atoms with Crippen molar-refractivity contribution >= 4 is 17.2 Å². The molecule has 0 aliphatic rings. The molecule has 6 nitrogen and oxygen atoms in total. The number of fused-ring (bicyclic) bond motifs is 1. The van der Waals surface area contributed by atoms with Crippen molar-refractivity contribution in [2.45, 2.75) is 0 Å². The number of hydrogen-bond acceptors (Lipinski definition) is 4. The van der Waals surface area contributed by atoms with Crippen molar-refractivity contribution < 1.29 is 4.79 Å². The zero-order valence-corrected chi connectivity index (χ0v) is 13.3. The van der Waals surface area contributed by atoms with Gasteiger partial charge in [-0.15, -0.1) is 0 Å². The van der Waals surface area contributed by atoms with Crippen LogP contribution >= 0.6 is 0 Å². The van der Waals surface area contributed by atoms with Crippen molar-refractivity contribution in [3.05, 3.63) is 60.8 Å². The fourth-order valence-electron chi connectivity index (χ4n) is 2.39. The molecule has 6 heteroatoms. The molecule has 0 saturated carbocycles. The SMILES string of the molecule is CN(C)CCN(C(=O)c1nccn2ccnc12)c1ccccc1. The number of likely N-dealkylation sites (N-methyl/N-ethyl adjacent to an activating group) is 1. The van der Waals surface area contributed by atoms with Crippen LogP contribution in [0.2, 0.25) is 0 Å². The van der Waals surface area contributed by atoms with Crippen LogP contribution in [0.5, 0.6) is 0 Å². The number of rotatable bonds is 5. The third-order valence-corrected chi connectivity index (χ3v) is 3.60. The maximum absolute atomic E-state index is 13.1. The fraction of sp³-hybridized carbons (Fsp3) is 0.235. The maximum atomic E-state index is 13.1. The molecule has 3 rings (SSSR count). The van der Waals surface area contributed by atoms with Crippen LogP contribution in [0.3, 0.4) is 0 Å². The molecule has 0 N–H and O–H groups in total. The molecule has 0 atom stereocenters. The van der Waals surface area contributed by atoms with Crippen LogP contribution in [0.1, 0.15) is 10.5 Å². The first-order valence-corrected chi connectivity index (χ1v) is 7.46. The number of nitrogens with zero attached hydrogens (tertiary/aromatic N) is 5. The van der Waals surface area contributed by atoms with E-state index < -0.39 is 0 Å². The summed E-state index contributed by atoms with van der Waals surface area (Å²) in [6.07, 6.45) is 6.88. The molecule has 0 aliphatic heterocycles. The van der Waals surface area contributed by atoms with Gasteiger partial charge in [0.1, 0.15) is 0 Å². The molecule has 3 aromatic rings. The van der Waals surface area contributed by atoms with Gasteiger partial charge in [0.2, 0.25) is 0 Å². The van der Waals surface area contributed by atoms with Crippen LogP contribution in [0, 0.1) is 0 Å². The molecular weight excluding hydrogens is 290 g/mol. The average molecular weight is 309 g/mol. The number of carbonyl (C=O) groups is 1. The molecule has 0 radical (unpaired) electrons. The highest BCUT2D eigenvalue weighted by atomic mass is 16.2. The van der Waals surface area contributed by atoms with Crippen molar-refractivity contribution in [1.29, 1.82) is 0 Å². The van der Waals surface area contributed by atoms with E-state index in [-0.39, 0.29) is 5.91 Å². The quantitative estimate of drug-likeness (QED) is 0.723. The molecule has 0 bridgehead atoms. The van der Waals surface area contributed by atoms with Gasteiger partial charge in [-0.05, 0) is 26.2 Å². The van der Waals surface area contributed by atoms with Gasteiger partial charge in [0.15, 0.2) is 11.3 Å². The van der Waals surface area contributed by atoms with Gasteiger partial charge < -0.3 is 14.2 Å². The Bertz CT molecular complexity index is 797. The summed E-state index contributed by atoms with van der Waals surface area (Å²) < 4.78 is 1.80. The van der Waals surface area contributed by atoms with Crippen LogP contribution < -0.4 is 4.90 Å². The number of para-hydroxylation sites is 1. The Kier molecular flexibility index (Phi) is 4.34.